The number of carbonyl (C=O) groups is 1. The lowest BCUT2D eigenvalue weighted by atomic mass is 9.94. The number of hydrogen-bond donors (Lipinski definition) is 1. The van der Waals surface area contributed by atoms with Crippen LogP contribution in [0.1, 0.15) is 26.3 Å². The predicted octanol–water partition coefficient (Wildman–Crippen LogP) is 2.14. The molecule has 0 bridgehead atoms. The van der Waals surface area contributed by atoms with Gasteiger partial charge in [0.1, 0.15) is 12.4 Å². The van der Waals surface area contributed by atoms with Gasteiger partial charge in [-0.05, 0) is 31.9 Å². The first kappa shape index (κ1) is 12.6. The summed E-state index contributed by atoms with van der Waals surface area (Å²) in [7, 11) is 0. The zero-order chi connectivity index (χ0) is 12.2. The van der Waals surface area contributed by atoms with E-state index in [-0.39, 0.29) is 5.91 Å². The van der Waals surface area contributed by atoms with Crippen LogP contribution >= 0.6 is 0 Å². The Labute approximate surface area is 96.6 Å². The number of hydrogen-bond acceptors (Lipinski definition) is 2. The number of ether oxygens (including phenoxy) is 1. The molecule has 0 aliphatic rings. The number of primary amides is 1. The third-order valence-corrected chi connectivity index (χ3v) is 2.61. The van der Waals surface area contributed by atoms with Crippen LogP contribution in [-0.4, -0.2) is 12.5 Å². The minimum Gasteiger partial charge on any atom is -0.492 e. The summed E-state index contributed by atoms with van der Waals surface area (Å²) in [5.74, 6) is 0.487. The molecule has 0 atom stereocenters. The second-order valence-corrected chi connectivity index (χ2v) is 4.50. The van der Waals surface area contributed by atoms with Crippen molar-refractivity contribution >= 4 is 5.91 Å². The van der Waals surface area contributed by atoms with E-state index in [1.807, 2.05) is 24.3 Å². The maximum Gasteiger partial charge on any atom is 0.226 e. The molecule has 0 radical (unpaired) electrons. The summed E-state index contributed by atoms with van der Waals surface area (Å²) in [5.41, 5.74) is 5.79. The Morgan fingerprint density at radius 3 is 2.56 bits per heavy atom. The average molecular weight is 221 g/mol. The molecule has 88 valence electrons. The Balaban J connectivity index is 2.71. The lowest BCUT2D eigenvalue weighted by Crippen LogP contribution is -2.36. The van der Waals surface area contributed by atoms with Crippen LogP contribution in [0, 0.1) is 5.41 Å². The highest BCUT2D eigenvalue weighted by molar-refractivity contribution is 5.80. The number of amides is 1. The van der Waals surface area contributed by atoms with Gasteiger partial charge in [0.2, 0.25) is 5.91 Å². The summed E-state index contributed by atoms with van der Waals surface area (Å²) >= 11 is 0. The molecule has 0 unspecified atom stereocenters. The molecule has 0 spiro atoms. The first-order valence-corrected chi connectivity index (χ1v) is 5.48. The van der Waals surface area contributed by atoms with Crippen molar-refractivity contribution in [3.63, 3.8) is 0 Å². The number of para-hydroxylation sites is 1. The fourth-order valence-electron chi connectivity index (χ4n) is 1.27. The Morgan fingerprint density at radius 2 is 2.00 bits per heavy atom. The number of nitrogens with two attached hydrogens (primary N) is 1. The van der Waals surface area contributed by atoms with Crippen molar-refractivity contribution in [3.8, 4) is 5.75 Å². The molecule has 3 heteroatoms. The fourth-order valence-corrected chi connectivity index (χ4v) is 1.27. The SMILES string of the molecule is CCc1ccccc1OCC(C)(C)C(N)=O. The van der Waals surface area contributed by atoms with Crippen molar-refractivity contribution in [2.45, 2.75) is 27.2 Å². The van der Waals surface area contributed by atoms with Crippen LogP contribution in [0.15, 0.2) is 24.3 Å². The zero-order valence-corrected chi connectivity index (χ0v) is 10.1. The number of rotatable bonds is 5. The van der Waals surface area contributed by atoms with Gasteiger partial charge in [0.05, 0.1) is 5.41 Å². The third kappa shape index (κ3) is 2.99. The van der Waals surface area contributed by atoms with Gasteiger partial charge in [-0.15, -0.1) is 0 Å². The maximum atomic E-state index is 11.1. The molecule has 1 rings (SSSR count). The summed E-state index contributed by atoms with van der Waals surface area (Å²) in [6.07, 6.45) is 0.910. The Kier molecular flexibility index (Phi) is 3.93. The van der Waals surface area contributed by atoms with Gasteiger partial charge in [0.25, 0.3) is 0 Å². The smallest absolute Gasteiger partial charge is 0.226 e. The quantitative estimate of drug-likeness (QED) is 0.828. The first-order valence-electron chi connectivity index (χ1n) is 5.48. The molecule has 1 aromatic rings. The van der Waals surface area contributed by atoms with Gasteiger partial charge in [-0.25, -0.2) is 0 Å². The molecule has 0 aliphatic carbocycles. The predicted molar refractivity (Wildman–Crippen MR) is 64.3 cm³/mol. The second kappa shape index (κ2) is 5.01. The molecule has 2 N–H and O–H groups in total. The average Bonchev–Trinajstić information content (AvgIpc) is 2.26. The molecule has 1 aromatic carbocycles. The second-order valence-electron chi connectivity index (χ2n) is 4.50. The van der Waals surface area contributed by atoms with Crippen LogP contribution < -0.4 is 10.5 Å². The van der Waals surface area contributed by atoms with Gasteiger partial charge in [-0.1, -0.05) is 25.1 Å². The van der Waals surface area contributed by atoms with E-state index in [9.17, 15) is 4.79 Å². The van der Waals surface area contributed by atoms with Crippen molar-refractivity contribution in [1.82, 2.24) is 0 Å². The van der Waals surface area contributed by atoms with Gasteiger partial charge >= 0.3 is 0 Å². The molecular weight excluding hydrogens is 202 g/mol. The van der Waals surface area contributed by atoms with Crippen molar-refractivity contribution < 1.29 is 9.53 Å². The summed E-state index contributed by atoms with van der Waals surface area (Å²) in [5, 5.41) is 0. The lowest BCUT2D eigenvalue weighted by Gasteiger charge is -2.21. The van der Waals surface area contributed by atoms with Crippen LogP contribution in [0.5, 0.6) is 5.75 Å². The van der Waals surface area contributed by atoms with Crippen LogP contribution in [0.3, 0.4) is 0 Å². The standard InChI is InChI=1S/C13H19NO2/c1-4-10-7-5-6-8-11(10)16-9-13(2,3)12(14)15/h5-8H,4,9H2,1-3H3,(H2,14,15). The molecule has 0 aromatic heterocycles. The first-order chi connectivity index (χ1) is 7.47. The Bertz CT molecular complexity index is 372. The van der Waals surface area contributed by atoms with E-state index in [0.29, 0.717) is 6.61 Å². The van der Waals surface area contributed by atoms with E-state index in [0.717, 1.165) is 17.7 Å². The molecule has 0 aliphatic heterocycles. The highest BCUT2D eigenvalue weighted by Gasteiger charge is 2.26. The van der Waals surface area contributed by atoms with E-state index >= 15 is 0 Å². The van der Waals surface area contributed by atoms with Crippen molar-refractivity contribution in [3.05, 3.63) is 29.8 Å². The molecule has 1 amide bonds. The largest absolute Gasteiger partial charge is 0.492 e. The highest BCUT2D eigenvalue weighted by atomic mass is 16.5. The monoisotopic (exact) mass is 221 g/mol. The van der Waals surface area contributed by atoms with Crippen molar-refractivity contribution in [1.29, 1.82) is 0 Å². The number of benzene rings is 1. The van der Waals surface area contributed by atoms with E-state index in [2.05, 4.69) is 6.92 Å². The van der Waals surface area contributed by atoms with Crippen LogP contribution in [-0.2, 0) is 11.2 Å². The minimum atomic E-state index is -0.638. The molecular formula is C13H19NO2. The van der Waals surface area contributed by atoms with Gasteiger partial charge in [-0.3, -0.25) is 4.79 Å². The van der Waals surface area contributed by atoms with Gasteiger partial charge in [0, 0.05) is 0 Å². The molecule has 0 saturated carbocycles. The van der Waals surface area contributed by atoms with Gasteiger partial charge in [-0.2, -0.15) is 0 Å². The maximum absolute atomic E-state index is 11.1. The molecule has 16 heavy (non-hydrogen) atoms. The molecule has 0 fully saturated rings. The molecule has 0 heterocycles. The van der Waals surface area contributed by atoms with E-state index in [1.54, 1.807) is 13.8 Å². The topological polar surface area (TPSA) is 52.3 Å². The summed E-state index contributed by atoms with van der Waals surface area (Å²) in [4.78, 5) is 11.1. The molecule has 3 nitrogen and oxygen atoms in total. The van der Waals surface area contributed by atoms with Crippen molar-refractivity contribution in [2.24, 2.45) is 11.1 Å². The van der Waals surface area contributed by atoms with E-state index in [4.69, 9.17) is 10.5 Å². The van der Waals surface area contributed by atoms with Crippen LogP contribution in [0.2, 0.25) is 0 Å². The summed E-state index contributed by atoms with van der Waals surface area (Å²) in [6.45, 7) is 5.94. The minimum absolute atomic E-state index is 0.305. The van der Waals surface area contributed by atoms with Gasteiger partial charge in [0.15, 0.2) is 0 Å². The number of aryl methyl sites for hydroxylation is 1. The third-order valence-electron chi connectivity index (χ3n) is 2.61. The van der Waals surface area contributed by atoms with Crippen molar-refractivity contribution in [2.75, 3.05) is 6.61 Å². The Morgan fingerprint density at radius 1 is 1.38 bits per heavy atom. The highest BCUT2D eigenvalue weighted by Crippen LogP contribution is 2.22. The summed E-state index contributed by atoms with van der Waals surface area (Å²) < 4.78 is 5.65. The summed E-state index contributed by atoms with van der Waals surface area (Å²) in [6, 6.07) is 7.83. The van der Waals surface area contributed by atoms with E-state index in [1.165, 1.54) is 0 Å². The number of carbonyl (C=O) groups excluding carboxylic acids is 1. The van der Waals surface area contributed by atoms with Gasteiger partial charge < -0.3 is 10.5 Å². The lowest BCUT2D eigenvalue weighted by molar-refractivity contribution is -0.127. The zero-order valence-electron chi connectivity index (χ0n) is 10.1. The van der Waals surface area contributed by atoms with Crippen LogP contribution in [0.4, 0.5) is 0 Å². The molecule has 0 saturated heterocycles. The Hall–Kier alpha value is -1.51. The van der Waals surface area contributed by atoms with E-state index < -0.39 is 5.41 Å². The normalized spacial score (nSPS) is 11.2. The van der Waals surface area contributed by atoms with Crippen LogP contribution in [0.25, 0.3) is 0 Å². The fraction of sp³-hybridized carbons (Fsp3) is 0.462.